The van der Waals surface area contributed by atoms with E-state index in [2.05, 4.69) is 110 Å². The molecule has 4 rings (SSSR count). The Morgan fingerprint density at radius 1 is 0.679 bits per heavy atom. The molecule has 0 aromatic heterocycles. The van der Waals surface area contributed by atoms with Crippen LogP contribution in [0.2, 0.25) is 0 Å². The molecular weight excluding hydrogens is 472 g/mol. The summed E-state index contributed by atoms with van der Waals surface area (Å²) in [5.74, 6) is 0. The van der Waals surface area contributed by atoms with E-state index in [4.69, 9.17) is 9.98 Å². The van der Waals surface area contributed by atoms with Gasteiger partial charge in [0.2, 0.25) is 0 Å². The Morgan fingerprint density at radius 3 is 1.50 bits per heavy atom. The van der Waals surface area contributed by atoms with E-state index in [1.807, 2.05) is 0 Å². The van der Waals surface area contributed by atoms with Crippen molar-refractivity contribution in [3.05, 3.63) is 72.1 Å². The van der Waals surface area contributed by atoms with Crippen LogP contribution in [0.1, 0.15) is 27.7 Å². The Kier molecular flexibility index (Phi) is 5.32. The second-order valence-electron chi connectivity index (χ2n) is 7.01. The van der Waals surface area contributed by atoms with E-state index in [9.17, 15) is 0 Å². The molecule has 4 nitrogen and oxygen atoms in total. The van der Waals surface area contributed by atoms with E-state index in [0.29, 0.717) is 0 Å². The number of fused-ring (bicyclic) bond motifs is 6. The molecule has 2 bridgehead atoms. The minimum absolute atomic E-state index is 0.999. The number of hydrogen-bond donors (Lipinski definition) is 0. The first kappa shape index (κ1) is 19.2. The summed E-state index contributed by atoms with van der Waals surface area (Å²) in [6.45, 7) is 8.47. The quantitative estimate of drug-likeness (QED) is 0.474. The second kappa shape index (κ2) is 7.74. The molecular formula is C22H22GeN4Se. The number of para-hydroxylation sites is 4. The molecule has 140 valence electrons. The van der Waals surface area contributed by atoms with Gasteiger partial charge in [-0.2, -0.15) is 0 Å². The summed E-state index contributed by atoms with van der Waals surface area (Å²) in [7, 11) is 0. The average molecular weight is 494 g/mol. The molecule has 2 aliphatic rings. The number of benzene rings is 2. The van der Waals surface area contributed by atoms with Crippen molar-refractivity contribution in [3.63, 3.8) is 0 Å². The summed E-state index contributed by atoms with van der Waals surface area (Å²) in [4.78, 5) is 9.85. The summed E-state index contributed by atoms with van der Waals surface area (Å²) in [6, 6.07) is 16.8. The molecule has 0 amide bonds. The van der Waals surface area contributed by atoms with Gasteiger partial charge >= 0.3 is 178 Å². The number of anilines is 2. The van der Waals surface area contributed by atoms with Crippen molar-refractivity contribution in [2.45, 2.75) is 27.7 Å². The zero-order chi connectivity index (χ0) is 19.8. The van der Waals surface area contributed by atoms with E-state index in [-0.39, 0.29) is 0 Å². The summed E-state index contributed by atoms with van der Waals surface area (Å²) in [5.41, 5.74) is 8.65. The van der Waals surface area contributed by atoms with Crippen LogP contribution in [-0.2, 0) is 0 Å². The van der Waals surface area contributed by atoms with Gasteiger partial charge in [-0.3, -0.25) is 0 Å². The van der Waals surface area contributed by atoms with Gasteiger partial charge < -0.3 is 0 Å². The van der Waals surface area contributed by atoms with Gasteiger partial charge in [-0.1, -0.05) is 0 Å². The number of rotatable bonds is 0. The van der Waals surface area contributed by atoms with E-state index in [1.165, 1.54) is 11.4 Å². The third kappa shape index (κ3) is 3.50. The molecule has 0 atom stereocenters. The molecule has 2 aromatic carbocycles. The van der Waals surface area contributed by atoms with Crippen molar-refractivity contribution in [2.24, 2.45) is 9.98 Å². The molecule has 2 aliphatic heterocycles. The molecule has 0 saturated heterocycles. The van der Waals surface area contributed by atoms with E-state index in [0.717, 1.165) is 34.2 Å². The molecule has 0 spiro atoms. The maximum atomic E-state index is 4.93. The van der Waals surface area contributed by atoms with Crippen LogP contribution in [0.4, 0.5) is 22.7 Å². The predicted molar refractivity (Wildman–Crippen MR) is 122 cm³/mol. The number of aliphatic imine (C=N–C) groups is 2. The van der Waals surface area contributed by atoms with Gasteiger partial charge in [0.05, 0.1) is 0 Å². The van der Waals surface area contributed by atoms with E-state index < -0.39 is 12.4 Å². The first-order chi connectivity index (χ1) is 13.5. The molecule has 28 heavy (non-hydrogen) atoms. The third-order valence-corrected chi connectivity index (χ3v) is 12.8. The van der Waals surface area contributed by atoms with Crippen LogP contribution in [0.5, 0.6) is 0 Å². The van der Waals surface area contributed by atoms with Gasteiger partial charge in [0.1, 0.15) is 0 Å². The second-order valence-corrected chi connectivity index (χ2v) is 14.1. The molecule has 0 aliphatic carbocycles. The van der Waals surface area contributed by atoms with E-state index >= 15 is 0 Å². The SMILES string of the molecule is CC1=Nc2ccccc2[N]2/C(C)=C\C(C)=Nc3ccccc3[N](/C(C)=C\1)[Ge]2=[Se]. The average Bonchev–Trinajstić information content (AvgIpc) is 2.70. The summed E-state index contributed by atoms with van der Waals surface area (Å²) in [5, 5.41) is 0. The first-order valence-corrected chi connectivity index (χ1v) is 16.4. The Balaban J connectivity index is 2.10. The van der Waals surface area contributed by atoms with Crippen molar-refractivity contribution >= 4 is 60.1 Å². The van der Waals surface area contributed by atoms with Crippen molar-refractivity contribution in [1.82, 2.24) is 0 Å². The minimum atomic E-state index is -2.16. The fourth-order valence-electron chi connectivity index (χ4n) is 3.66. The number of allylic oxidation sites excluding steroid dienone is 4. The van der Waals surface area contributed by atoms with Gasteiger partial charge in [-0.25, -0.2) is 0 Å². The van der Waals surface area contributed by atoms with Crippen molar-refractivity contribution in [2.75, 3.05) is 7.71 Å². The maximum absolute atomic E-state index is 4.93. The van der Waals surface area contributed by atoms with Gasteiger partial charge in [-0.15, -0.1) is 0 Å². The van der Waals surface area contributed by atoms with Crippen LogP contribution in [0.15, 0.2) is 82.1 Å². The topological polar surface area (TPSA) is 31.2 Å². The Labute approximate surface area is 177 Å². The van der Waals surface area contributed by atoms with Crippen LogP contribution >= 0.6 is 0 Å². The molecule has 0 fully saturated rings. The molecule has 6 heteroatoms. The molecule has 2 aromatic rings. The molecule has 0 N–H and O–H groups in total. The molecule has 0 saturated carbocycles. The van der Waals surface area contributed by atoms with Gasteiger partial charge in [0, 0.05) is 0 Å². The van der Waals surface area contributed by atoms with Crippen LogP contribution < -0.4 is 7.71 Å². The summed E-state index contributed by atoms with van der Waals surface area (Å²) in [6.07, 6.45) is 4.35. The van der Waals surface area contributed by atoms with Gasteiger partial charge in [-0.05, 0) is 0 Å². The monoisotopic (exact) mass is 496 g/mol. The van der Waals surface area contributed by atoms with Crippen LogP contribution in [0, 0.1) is 0 Å². The zero-order valence-corrected chi connectivity index (χ0v) is 20.3. The van der Waals surface area contributed by atoms with Crippen LogP contribution in [0.25, 0.3) is 0 Å². The first-order valence-electron chi connectivity index (χ1n) is 9.25. The van der Waals surface area contributed by atoms with Crippen LogP contribution in [0.3, 0.4) is 0 Å². The number of nitrogens with zero attached hydrogens (tertiary/aromatic N) is 4. The van der Waals surface area contributed by atoms with Crippen molar-refractivity contribution < 1.29 is 0 Å². The Hall–Kier alpha value is -2.08. The molecule has 0 unspecified atom stereocenters. The molecule has 0 radical (unpaired) electrons. The van der Waals surface area contributed by atoms with E-state index in [1.54, 1.807) is 0 Å². The fraction of sp³-hybridized carbons (Fsp3) is 0.182. The van der Waals surface area contributed by atoms with Gasteiger partial charge in [0.15, 0.2) is 0 Å². The Bertz CT molecular complexity index is 1010. The van der Waals surface area contributed by atoms with Gasteiger partial charge in [0.25, 0.3) is 0 Å². The molecule has 2 heterocycles. The number of hydrogen-bond acceptors (Lipinski definition) is 4. The summed E-state index contributed by atoms with van der Waals surface area (Å²) < 4.78 is 4.94. The third-order valence-electron chi connectivity index (χ3n) is 4.76. The fourth-order valence-corrected chi connectivity index (χ4v) is 12.6. The standard InChI is InChI=1S/C22H22GeN4Se/c1-15-13-17(3)26-22-12-8-6-10-20(22)25-16(2)14-18(4)27(23(26)28)21-11-7-5-9-19(21)24-15/h5-14H,1-4H3/b17-13-,18-14-,24-15?,25-16?. The van der Waals surface area contributed by atoms with Crippen molar-refractivity contribution in [3.8, 4) is 0 Å². The summed E-state index contributed by atoms with van der Waals surface area (Å²) >= 11 is 1.42. The normalized spacial score (nSPS) is 20.4. The predicted octanol–water partition coefficient (Wildman–Crippen LogP) is 5.17. The zero-order valence-electron chi connectivity index (χ0n) is 16.5. The van der Waals surface area contributed by atoms with Crippen LogP contribution in [-0.4, -0.2) is 37.4 Å². The Morgan fingerprint density at radius 2 is 1.07 bits per heavy atom. The van der Waals surface area contributed by atoms with Crippen molar-refractivity contribution in [1.29, 1.82) is 0 Å².